The number of phenolic OH excluding ortho intramolecular Hbond substituents is 1. The Labute approximate surface area is 143 Å². The quantitative estimate of drug-likeness (QED) is 0.658. The fraction of sp³-hybridized carbons (Fsp3) is 0.353. The van der Waals surface area contributed by atoms with Crippen LogP contribution in [0.25, 0.3) is 0 Å². The van der Waals surface area contributed by atoms with Crippen LogP contribution in [0.1, 0.15) is 18.2 Å². The first-order valence-electron chi connectivity index (χ1n) is 7.83. The first-order chi connectivity index (χ1) is 11.5. The number of aromatic nitrogens is 2. The molecule has 1 atom stereocenters. The predicted molar refractivity (Wildman–Crippen MR) is 93.6 cm³/mol. The number of amides is 1. The van der Waals surface area contributed by atoms with Crippen molar-refractivity contribution in [1.29, 1.82) is 0 Å². The van der Waals surface area contributed by atoms with Crippen LogP contribution in [0.3, 0.4) is 0 Å². The number of aromatic hydroxyl groups is 1. The molecule has 1 unspecified atom stereocenters. The second-order valence-electron chi connectivity index (χ2n) is 5.74. The Bertz CT molecular complexity index is 847. The Morgan fingerprint density at radius 3 is 2.92 bits per heavy atom. The van der Waals surface area contributed by atoms with Crippen LogP contribution in [-0.2, 0) is 17.8 Å². The molecule has 126 valence electrons. The molecule has 2 N–H and O–H groups in total. The van der Waals surface area contributed by atoms with Crippen LogP contribution in [0, 0.1) is 12.8 Å². The van der Waals surface area contributed by atoms with Gasteiger partial charge in [-0.05, 0) is 25.5 Å². The minimum Gasteiger partial charge on any atom is -0.506 e. The summed E-state index contributed by atoms with van der Waals surface area (Å²) in [4.78, 5) is 29.6. The number of hydrogen-bond donors (Lipinski definition) is 2. The van der Waals surface area contributed by atoms with E-state index < -0.39 is 0 Å². The van der Waals surface area contributed by atoms with E-state index in [0.29, 0.717) is 35.1 Å². The lowest BCUT2D eigenvalue weighted by atomic mass is 10.1. The number of anilines is 1. The van der Waals surface area contributed by atoms with E-state index in [1.54, 1.807) is 22.8 Å². The van der Waals surface area contributed by atoms with E-state index in [1.165, 1.54) is 17.8 Å². The number of carbonyl (C=O) groups is 1. The minimum absolute atomic E-state index is 0.0254. The van der Waals surface area contributed by atoms with Crippen molar-refractivity contribution in [2.24, 2.45) is 5.92 Å². The third-order valence-corrected chi connectivity index (χ3v) is 5.28. The van der Waals surface area contributed by atoms with Crippen molar-refractivity contribution in [1.82, 2.24) is 9.55 Å². The van der Waals surface area contributed by atoms with Crippen molar-refractivity contribution in [2.75, 3.05) is 11.1 Å². The van der Waals surface area contributed by atoms with Crippen molar-refractivity contribution >= 4 is 23.4 Å². The molecular formula is C17H19N3O3S. The van der Waals surface area contributed by atoms with Crippen molar-refractivity contribution in [2.45, 2.75) is 32.0 Å². The van der Waals surface area contributed by atoms with Crippen LogP contribution in [0.2, 0.25) is 0 Å². The monoisotopic (exact) mass is 345 g/mol. The van der Waals surface area contributed by atoms with Gasteiger partial charge in [-0.3, -0.25) is 14.2 Å². The highest BCUT2D eigenvalue weighted by atomic mass is 32.2. The Kier molecular flexibility index (Phi) is 4.62. The third kappa shape index (κ3) is 3.03. The standard InChI is InChI=1S/C17H19N3O3S/c1-3-12-10(2)18-17-20(16(12)23)8-11(9-24-17)15(22)19-13-6-4-5-7-14(13)21/h4-7,11,21H,3,8-9H2,1-2H3,(H,19,22). The number of nitrogens with one attached hydrogen (secondary N) is 1. The number of phenols is 1. The second-order valence-corrected chi connectivity index (χ2v) is 6.73. The molecule has 0 radical (unpaired) electrons. The summed E-state index contributed by atoms with van der Waals surface area (Å²) in [5, 5.41) is 13.2. The van der Waals surface area contributed by atoms with Crippen molar-refractivity contribution < 1.29 is 9.90 Å². The van der Waals surface area contributed by atoms with Crippen molar-refractivity contribution in [3.63, 3.8) is 0 Å². The predicted octanol–water partition coefficient (Wildman–Crippen LogP) is 2.18. The van der Waals surface area contributed by atoms with Crippen molar-refractivity contribution in [3.8, 4) is 5.75 Å². The van der Waals surface area contributed by atoms with Gasteiger partial charge in [0.05, 0.1) is 11.6 Å². The number of nitrogens with zero attached hydrogens (tertiary/aromatic N) is 2. The molecule has 24 heavy (non-hydrogen) atoms. The largest absolute Gasteiger partial charge is 0.506 e. The highest BCUT2D eigenvalue weighted by Gasteiger charge is 2.28. The van der Waals surface area contributed by atoms with Gasteiger partial charge in [0.1, 0.15) is 5.75 Å². The van der Waals surface area contributed by atoms with Gasteiger partial charge in [-0.25, -0.2) is 4.98 Å². The molecule has 1 aromatic heterocycles. The second kappa shape index (κ2) is 6.68. The molecule has 1 aliphatic heterocycles. The van der Waals surface area contributed by atoms with E-state index in [0.717, 1.165) is 5.69 Å². The highest BCUT2D eigenvalue weighted by molar-refractivity contribution is 7.99. The van der Waals surface area contributed by atoms with Crippen LogP contribution in [0.5, 0.6) is 5.75 Å². The molecule has 1 aliphatic rings. The maximum Gasteiger partial charge on any atom is 0.257 e. The van der Waals surface area contributed by atoms with Crippen molar-refractivity contribution in [3.05, 3.63) is 45.9 Å². The van der Waals surface area contributed by atoms with E-state index in [2.05, 4.69) is 10.3 Å². The molecule has 3 rings (SSSR count). The van der Waals surface area contributed by atoms with Gasteiger partial charge in [0.2, 0.25) is 5.91 Å². The Morgan fingerprint density at radius 2 is 2.21 bits per heavy atom. The molecule has 2 aromatic rings. The minimum atomic E-state index is -0.353. The molecule has 1 amide bonds. The van der Waals surface area contributed by atoms with E-state index in [4.69, 9.17) is 0 Å². The van der Waals surface area contributed by atoms with Crippen LogP contribution in [-0.4, -0.2) is 26.3 Å². The fourth-order valence-electron chi connectivity index (χ4n) is 2.78. The summed E-state index contributed by atoms with van der Waals surface area (Å²) >= 11 is 1.42. The third-order valence-electron chi connectivity index (χ3n) is 4.14. The first-order valence-corrected chi connectivity index (χ1v) is 8.81. The number of rotatable bonds is 3. The smallest absolute Gasteiger partial charge is 0.257 e. The number of fused-ring (bicyclic) bond motifs is 1. The maximum atomic E-state index is 12.6. The molecule has 0 fully saturated rings. The molecule has 0 bridgehead atoms. The molecule has 7 heteroatoms. The van der Waals surface area contributed by atoms with Gasteiger partial charge in [0.15, 0.2) is 5.16 Å². The van der Waals surface area contributed by atoms with Crippen LogP contribution in [0.15, 0.2) is 34.2 Å². The molecule has 2 heterocycles. The summed E-state index contributed by atoms with van der Waals surface area (Å²) in [6, 6.07) is 6.59. The Balaban J connectivity index is 1.83. The lowest BCUT2D eigenvalue weighted by Crippen LogP contribution is -2.38. The first kappa shape index (κ1) is 16.6. The maximum absolute atomic E-state index is 12.6. The highest BCUT2D eigenvalue weighted by Crippen LogP contribution is 2.28. The summed E-state index contributed by atoms with van der Waals surface area (Å²) in [6.07, 6.45) is 0.622. The molecular weight excluding hydrogens is 326 g/mol. The number of thioether (sulfide) groups is 1. The van der Waals surface area contributed by atoms with Gasteiger partial charge < -0.3 is 10.4 Å². The molecule has 0 saturated carbocycles. The van der Waals surface area contributed by atoms with Crippen LogP contribution >= 0.6 is 11.8 Å². The summed E-state index contributed by atoms with van der Waals surface area (Å²) < 4.78 is 1.59. The van der Waals surface area contributed by atoms with Crippen LogP contribution in [0.4, 0.5) is 5.69 Å². The van der Waals surface area contributed by atoms with Gasteiger partial charge in [-0.15, -0.1) is 0 Å². The number of carbonyl (C=O) groups excluding carboxylic acids is 1. The average Bonchev–Trinajstić information content (AvgIpc) is 2.57. The Morgan fingerprint density at radius 1 is 1.46 bits per heavy atom. The number of hydrogen-bond acceptors (Lipinski definition) is 5. The summed E-state index contributed by atoms with van der Waals surface area (Å²) in [5.41, 5.74) is 1.77. The van der Waals surface area contributed by atoms with E-state index in [1.807, 2.05) is 13.8 Å². The zero-order valence-corrected chi connectivity index (χ0v) is 14.4. The number of benzene rings is 1. The molecule has 0 spiro atoms. The van der Waals surface area contributed by atoms with Gasteiger partial charge in [-0.1, -0.05) is 30.8 Å². The van der Waals surface area contributed by atoms with Gasteiger partial charge in [-0.2, -0.15) is 0 Å². The fourth-order valence-corrected chi connectivity index (χ4v) is 3.90. The SMILES string of the molecule is CCc1c(C)nc2n(c1=O)CC(C(=O)Nc1ccccc1O)CS2. The summed E-state index contributed by atoms with van der Waals surface area (Å²) in [5.74, 6) is 0.0168. The molecule has 0 saturated heterocycles. The van der Waals surface area contributed by atoms with Gasteiger partial charge >= 0.3 is 0 Å². The molecule has 0 aliphatic carbocycles. The lowest BCUT2D eigenvalue weighted by molar-refractivity contribution is -0.119. The summed E-state index contributed by atoms with van der Waals surface area (Å²) in [7, 11) is 0. The zero-order valence-electron chi connectivity index (χ0n) is 13.6. The van der Waals surface area contributed by atoms with Gasteiger partial charge in [0.25, 0.3) is 5.56 Å². The number of para-hydroxylation sites is 2. The lowest BCUT2D eigenvalue weighted by Gasteiger charge is -2.25. The normalized spacial score (nSPS) is 16.5. The van der Waals surface area contributed by atoms with Crippen LogP contribution < -0.4 is 10.9 Å². The zero-order chi connectivity index (χ0) is 17.3. The van der Waals surface area contributed by atoms with E-state index in [-0.39, 0.29) is 23.1 Å². The average molecular weight is 345 g/mol. The number of aryl methyl sites for hydroxylation is 1. The Hall–Kier alpha value is -2.28. The van der Waals surface area contributed by atoms with Gasteiger partial charge in [0, 0.05) is 23.6 Å². The molecule has 1 aromatic carbocycles. The van der Waals surface area contributed by atoms with E-state index in [9.17, 15) is 14.7 Å². The molecule has 6 nitrogen and oxygen atoms in total. The topological polar surface area (TPSA) is 84.2 Å². The van der Waals surface area contributed by atoms with E-state index >= 15 is 0 Å². The summed E-state index contributed by atoms with van der Waals surface area (Å²) in [6.45, 7) is 4.08.